The predicted octanol–water partition coefficient (Wildman–Crippen LogP) is 2.89. The average molecular weight is 352 g/mol. The summed E-state index contributed by atoms with van der Waals surface area (Å²) < 4.78 is 2.27. The maximum absolute atomic E-state index is 12.1. The SMILES string of the molecule is Cc1cnc(Cn2cc(Br)cc(C)c2=O)c(C)c1[N+](=O)[O-]. The van der Waals surface area contributed by atoms with Crippen molar-refractivity contribution < 1.29 is 4.92 Å². The normalized spacial score (nSPS) is 10.7. The van der Waals surface area contributed by atoms with Gasteiger partial charge in [-0.25, -0.2) is 0 Å². The molecule has 2 aromatic heterocycles. The number of aryl methyl sites for hydroxylation is 2. The molecule has 21 heavy (non-hydrogen) atoms. The topological polar surface area (TPSA) is 78.0 Å². The molecule has 0 amide bonds. The molecule has 110 valence electrons. The molecule has 6 nitrogen and oxygen atoms in total. The van der Waals surface area contributed by atoms with Gasteiger partial charge in [0, 0.05) is 28.0 Å². The van der Waals surface area contributed by atoms with Crippen molar-refractivity contribution in [2.24, 2.45) is 0 Å². The highest BCUT2D eigenvalue weighted by molar-refractivity contribution is 9.10. The molecular weight excluding hydrogens is 338 g/mol. The molecule has 0 saturated heterocycles. The maximum atomic E-state index is 12.1. The van der Waals surface area contributed by atoms with E-state index in [0.29, 0.717) is 22.4 Å². The summed E-state index contributed by atoms with van der Waals surface area (Å²) in [6, 6.07) is 1.73. The van der Waals surface area contributed by atoms with Crippen molar-refractivity contribution >= 4 is 21.6 Å². The van der Waals surface area contributed by atoms with Gasteiger partial charge in [-0.1, -0.05) is 0 Å². The van der Waals surface area contributed by atoms with Crippen LogP contribution in [0.2, 0.25) is 0 Å². The fraction of sp³-hybridized carbons (Fsp3) is 0.286. The van der Waals surface area contributed by atoms with Crippen molar-refractivity contribution in [3.05, 3.63) is 65.8 Å². The number of nitro groups is 1. The Morgan fingerprint density at radius 2 is 2.00 bits per heavy atom. The molecule has 0 aromatic carbocycles. The number of hydrogen-bond donors (Lipinski definition) is 0. The second-order valence-corrected chi connectivity index (χ2v) is 5.81. The quantitative estimate of drug-likeness (QED) is 0.629. The summed E-state index contributed by atoms with van der Waals surface area (Å²) in [5.41, 5.74) is 2.04. The van der Waals surface area contributed by atoms with Crippen molar-refractivity contribution in [1.82, 2.24) is 9.55 Å². The van der Waals surface area contributed by atoms with Crippen LogP contribution in [0.5, 0.6) is 0 Å². The van der Waals surface area contributed by atoms with Gasteiger partial charge < -0.3 is 4.57 Å². The standard InChI is InChI=1S/C14H14BrN3O3/c1-8-4-11(15)6-17(14(8)19)7-12-10(3)13(18(20)21)9(2)5-16-12/h4-6H,7H2,1-3H3. The zero-order chi connectivity index (χ0) is 15.7. The van der Waals surface area contributed by atoms with E-state index in [1.807, 2.05) is 0 Å². The van der Waals surface area contributed by atoms with Gasteiger partial charge >= 0.3 is 0 Å². The first-order valence-corrected chi connectivity index (χ1v) is 7.06. The lowest BCUT2D eigenvalue weighted by Gasteiger charge is -2.10. The average Bonchev–Trinajstić information content (AvgIpc) is 2.38. The Kier molecular flexibility index (Phi) is 4.22. The maximum Gasteiger partial charge on any atom is 0.278 e. The van der Waals surface area contributed by atoms with Crippen LogP contribution in [-0.4, -0.2) is 14.5 Å². The molecule has 7 heteroatoms. The largest absolute Gasteiger partial charge is 0.308 e. The molecule has 0 saturated carbocycles. The van der Waals surface area contributed by atoms with Gasteiger partial charge in [-0.3, -0.25) is 19.9 Å². The van der Waals surface area contributed by atoms with E-state index in [4.69, 9.17) is 0 Å². The first-order chi connectivity index (χ1) is 9.81. The summed E-state index contributed by atoms with van der Waals surface area (Å²) in [6.07, 6.45) is 3.12. The molecule has 0 unspecified atom stereocenters. The van der Waals surface area contributed by atoms with Gasteiger partial charge in [0.25, 0.3) is 11.2 Å². The second kappa shape index (κ2) is 5.77. The minimum Gasteiger partial charge on any atom is -0.308 e. The van der Waals surface area contributed by atoms with Crippen molar-refractivity contribution in [2.45, 2.75) is 27.3 Å². The van der Waals surface area contributed by atoms with Gasteiger partial charge in [-0.15, -0.1) is 0 Å². The van der Waals surface area contributed by atoms with Gasteiger partial charge in [-0.05, 0) is 42.8 Å². The van der Waals surface area contributed by atoms with Gasteiger partial charge in [-0.2, -0.15) is 0 Å². The highest BCUT2D eigenvalue weighted by Gasteiger charge is 2.19. The van der Waals surface area contributed by atoms with Gasteiger partial charge in [0.2, 0.25) is 0 Å². The van der Waals surface area contributed by atoms with Crippen molar-refractivity contribution in [1.29, 1.82) is 0 Å². The number of rotatable bonds is 3. The smallest absolute Gasteiger partial charge is 0.278 e. The number of hydrogen-bond acceptors (Lipinski definition) is 4. The predicted molar refractivity (Wildman–Crippen MR) is 82.6 cm³/mol. The van der Waals surface area contributed by atoms with Gasteiger partial charge in [0.15, 0.2) is 0 Å². The van der Waals surface area contributed by atoms with Crippen molar-refractivity contribution in [2.75, 3.05) is 0 Å². The lowest BCUT2D eigenvalue weighted by Crippen LogP contribution is -2.23. The van der Waals surface area contributed by atoms with Crippen molar-refractivity contribution in [3.63, 3.8) is 0 Å². The van der Waals surface area contributed by atoms with Crippen LogP contribution in [0, 0.1) is 30.9 Å². The Labute approximate surface area is 129 Å². The van der Waals surface area contributed by atoms with Crippen LogP contribution < -0.4 is 5.56 Å². The molecule has 2 aromatic rings. The van der Waals surface area contributed by atoms with E-state index in [9.17, 15) is 14.9 Å². The van der Waals surface area contributed by atoms with Crippen LogP contribution in [0.1, 0.15) is 22.4 Å². The van der Waals surface area contributed by atoms with E-state index >= 15 is 0 Å². The molecule has 0 atom stereocenters. The zero-order valence-electron chi connectivity index (χ0n) is 11.9. The van der Waals surface area contributed by atoms with Crippen molar-refractivity contribution in [3.8, 4) is 0 Å². The molecule has 2 heterocycles. The Bertz CT molecular complexity index is 784. The fourth-order valence-corrected chi connectivity index (χ4v) is 2.81. The summed E-state index contributed by atoms with van der Waals surface area (Å²) in [5, 5.41) is 11.1. The third kappa shape index (κ3) is 3.02. The number of nitrogens with zero attached hydrogens (tertiary/aromatic N) is 3. The molecule has 0 fully saturated rings. The lowest BCUT2D eigenvalue weighted by atomic mass is 10.1. The number of pyridine rings is 2. The van der Waals surface area contributed by atoms with Crippen LogP contribution in [0.4, 0.5) is 5.69 Å². The first kappa shape index (κ1) is 15.4. The Hall–Kier alpha value is -2.02. The highest BCUT2D eigenvalue weighted by Crippen LogP contribution is 2.24. The van der Waals surface area contributed by atoms with E-state index in [2.05, 4.69) is 20.9 Å². The molecule has 0 N–H and O–H groups in total. The monoisotopic (exact) mass is 351 g/mol. The van der Waals surface area contributed by atoms with Crippen LogP contribution in [0.3, 0.4) is 0 Å². The zero-order valence-corrected chi connectivity index (χ0v) is 13.5. The first-order valence-electron chi connectivity index (χ1n) is 6.27. The molecule has 2 rings (SSSR count). The number of aromatic nitrogens is 2. The minimum atomic E-state index is -0.412. The van der Waals surface area contributed by atoms with E-state index in [0.717, 1.165) is 4.47 Å². The van der Waals surface area contributed by atoms with E-state index < -0.39 is 4.92 Å². The van der Waals surface area contributed by atoms with Gasteiger partial charge in [0.1, 0.15) is 0 Å². The summed E-state index contributed by atoms with van der Waals surface area (Å²) in [7, 11) is 0. The third-order valence-electron chi connectivity index (χ3n) is 3.31. The van der Waals surface area contributed by atoms with Gasteiger partial charge in [0.05, 0.1) is 22.7 Å². The Morgan fingerprint density at radius 3 is 2.62 bits per heavy atom. The molecule has 0 aliphatic rings. The fourth-order valence-electron chi connectivity index (χ4n) is 2.22. The van der Waals surface area contributed by atoms with E-state index in [-0.39, 0.29) is 17.8 Å². The van der Waals surface area contributed by atoms with E-state index in [1.54, 1.807) is 33.0 Å². The van der Waals surface area contributed by atoms with E-state index in [1.165, 1.54) is 10.8 Å². The Morgan fingerprint density at radius 1 is 1.33 bits per heavy atom. The van der Waals surface area contributed by atoms with Crippen LogP contribution in [-0.2, 0) is 6.54 Å². The molecule has 0 bridgehead atoms. The van der Waals surface area contributed by atoms with Crippen LogP contribution in [0.15, 0.2) is 27.7 Å². The molecule has 0 aliphatic carbocycles. The lowest BCUT2D eigenvalue weighted by molar-refractivity contribution is -0.386. The molecule has 0 aliphatic heterocycles. The summed E-state index contributed by atoms with van der Waals surface area (Å²) >= 11 is 3.34. The summed E-state index contributed by atoms with van der Waals surface area (Å²) in [6.45, 7) is 5.23. The minimum absolute atomic E-state index is 0.0553. The highest BCUT2D eigenvalue weighted by atomic mass is 79.9. The number of halogens is 1. The summed E-state index contributed by atoms with van der Waals surface area (Å²) in [5.74, 6) is 0. The molecule has 0 radical (unpaired) electrons. The third-order valence-corrected chi connectivity index (χ3v) is 3.74. The Balaban J connectivity index is 2.53. The summed E-state index contributed by atoms with van der Waals surface area (Å²) in [4.78, 5) is 27.1. The molecular formula is C14H14BrN3O3. The van der Waals surface area contributed by atoms with Crippen LogP contribution in [0.25, 0.3) is 0 Å². The van der Waals surface area contributed by atoms with Crippen LogP contribution >= 0.6 is 15.9 Å². The molecule has 0 spiro atoms. The second-order valence-electron chi connectivity index (χ2n) is 4.89.